The molecular weight excluding hydrogens is 292 g/mol. The van der Waals surface area contributed by atoms with Gasteiger partial charge < -0.3 is 5.11 Å². The van der Waals surface area contributed by atoms with E-state index in [1.165, 1.54) is 56.9 Å². The fraction of sp³-hybridized carbons (Fsp3) is 0.826. The predicted octanol–water partition coefficient (Wildman–Crippen LogP) is 5.50. The van der Waals surface area contributed by atoms with E-state index in [0.29, 0.717) is 10.8 Å². The Labute approximate surface area is 147 Å². The normalized spacial score (nSPS) is 56.2. The summed E-state index contributed by atoms with van der Waals surface area (Å²) in [5.74, 6) is 4.41. The number of fused-ring (bicyclic) bond motifs is 4. The summed E-state index contributed by atoms with van der Waals surface area (Å²) >= 11 is 0. The third-order valence-corrected chi connectivity index (χ3v) is 9.63. The van der Waals surface area contributed by atoms with Crippen LogP contribution in [-0.4, -0.2) is 11.2 Å². The first-order valence-corrected chi connectivity index (χ1v) is 10.6. The van der Waals surface area contributed by atoms with Gasteiger partial charge in [0.1, 0.15) is 0 Å². The zero-order valence-corrected chi connectivity index (χ0v) is 15.3. The zero-order chi connectivity index (χ0) is 16.5. The molecule has 4 saturated carbocycles. The summed E-state index contributed by atoms with van der Waals surface area (Å²) in [6, 6.07) is 0. The van der Waals surface area contributed by atoms with Crippen molar-refractivity contribution in [1.82, 2.24) is 0 Å². The fourth-order valence-electron chi connectivity index (χ4n) is 8.54. The quantitative estimate of drug-likeness (QED) is 0.623. The number of aliphatic hydroxyl groups is 1. The first-order chi connectivity index (χ1) is 11.5. The molecule has 1 heteroatoms. The minimum Gasteiger partial charge on any atom is -0.393 e. The molecule has 0 aliphatic heterocycles. The van der Waals surface area contributed by atoms with Crippen LogP contribution >= 0.6 is 0 Å². The molecule has 132 valence electrons. The smallest absolute Gasteiger partial charge is 0.0543 e. The monoisotopic (exact) mass is 326 g/mol. The van der Waals surface area contributed by atoms with Crippen molar-refractivity contribution in [2.45, 2.75) is 77.2 Å². The van der Waals surface area contributed by atoms with Crippen molar-refractivity contribution in [3.05, 3.63) is 24.3 Å². The van der Waals surface area contributed by atoms with E-state index in [4.69, 9.17) is 0 Å². The van der Waals surface area contributed by atoms with Gasteiger partial charge in [-0.15, -0.1) is 0 Å². The van der Waals surface area contributed by atoms with Crippen LogP contribution < -0.4 is 0 Å². The van der Waals surface area contributed by atoms with Crippen LogP contribution in [0, 0.1) is 40.4 Å². The van der Waals surface area contributed by atoms with E-state index in [2.05, 4.69) is 25.7 Å². The molecule has 0 aromatic heterocycles. The Morgan fingerprint density at radius 2 is 1.92 bits per heavy atom. The van der Waals surface area contributed by atoms with Gasteiger partial charge in [0.2, 0.25) is 0 Å². The summed E-state index contributed by atoms with van der Waals surface area (Å²) in [5, 5.41) is 10.2. The molecule has 0 aromatic carbocycles. The minimum absolute atomic E-state index is 0.0165. The van der Waals surface area contributed by atoms with Crippen LogP contribution in [0.5, 0.6) is 0 Å². The average Bonchev–Trinajstić information content (AvgIpc) is 2.96. The Morgan fingerprint density at radius 1 is 1.04 bits per heavy atom. The van der Waals surface area contributed by atoms with E-state index in [1.54, 1.807) is 0 Å². The molecule has 8 atom stereocenters. The Bertz CT molecular complexity index is 577. The van der Waals surface area contributed by atoms with Crippen LogP contribution in [0.3, 0.4) is 0 Å². The Morgan fingerprint density at radius 3 is 2.79 bits per heavy atom. The summed E-state index contributed by atoms with van der Waals surface area (Å²) in [5.41, 5.74) is 2.52. The minimum atomic E-state index is -0.0165. The molecule has 0 radical (unpaired) electrons. The van der Waals surface area contributed by atoms with Crippen LogP contribution in [0.15, 0.2) is 24.3 Å². The molecule has 5 aliphatic rings. The second-order valence-electron chi connectivity index (χ2n) is 10.2. The number of hydrogen-bond donors (Lipinski definition) is 1. The summed E-state index contributed by atoms with van der Waals surface area (Å²) in [6.45, 7) is 7.02. The molecule has 1 nitrogen and oxygen atoms in total. The lowest BCUT2D eigenvalue weighted by Crippen LogP contribution is -2.54. The molecule has 0 heterocycles. The maximum absolute atomic E-state index is 10.2. The van der Waals surface area contributed by atoms with Gasteiger partial charge in [-0.2, -0.15) is 0 Å². The zero-order valence-electron chi connectivity index (χ0n) is 15.3. The van der Waals surface area contributed by atoms with Gasteiger partial charge in [0, 0.05) is 0 Å². The van der Waals surface area contributed by atoms with E-state index >= 15 is 0 Å². The van der Waals surface area contributed by atoms with Gasteiger partial charge in [-0.3, -0.25) is 0 Å². The second-order valence-corrected chi connectivity index (χ2v) is 10.2. The van der Waals surface area contributed by atoms with E-state index in [9.17, 15) is 5.11 Å². The van der Waals surface area contributed by atoms with Crippen molar-refractivity contribution >= 4 is 0 Å². The van der Waals surface area contributed by atoms with Crippen LogP contribution in [0.4, 0.5) is 0 Å². The molecule has 5 rings (SSSR count). The predicted molar refractivity (Wildman–Crippen MR) is 98.4 cm³/mol. The summed E-state index contributed by atoms with van der Waals surface area (Å²) in [7, 11) is 0. The lowest BCUT2D eigenvalue weighted by Gasteiger charge is -2.61. The molecule has 3 unspecified atom stereocenters. The molecule has 4 fully saturated rings. The highest BCUT2D eigenvalue weighted by Crippen LogP contribution is 2.69. The van der Waals surface area contributed by atoms with E-state index in [0.717, 1.165) is 42.4 Å². The van der Waals surface area contributed by atoms with Crippen LogP contribution in [0.2, 0.25) is 0 Å². The van der Waals surface area contributed by atoms with Gasteiger partial charge in [0.05, 0.1) is 6.10 Å². The topological polar surface area (TPSA) is 20.2 Å². The van der Waals surface area contributed by atoms with Crippen molar-refractivity contribution in [1.29, 1.82) is 0 Å². The molecule has 0 saturated heterocycles. The highest BCUT2D eigenvalue weighted by Gasteiger charge is 2.61. The van der Waals surface area contributed by atoms with Gasteiger partial charge in [0.25, 0.3) is 0 Å². The highest BCUT2D eigenvalue weighted by atomic mass is 16.3. The summed E-state index contributed by atoms with van der Waals surface area (Å²) in [6.07, 6.45) is 18.0. The Hall–Kier alpha value is -0.560. The molecule has 0 bridgehead atoms. The van der Waals surface area contributed by atoms with Gasteiger partial charge in [-0.1, -0.05) is 31.2 Å². The lowest BCUT2D eigenvalue weighted by molar-refractivity contribution is -0.128. The Balaban J connectivity index is 1.47. The molecule has 24 heavy (non-hydrogen) atoms. The number of allylic oxidation sites excluding steroid dienone is 3. The molecule has 0 amide bonds. The van der Waals surface area contributed by atoms with Crippen LogP contribution in [0.25, 0.3) is 0 Å². The van der Waals surface area contributed by atoms with Crippen LogP contribution in [-0.2, 0) is 0 Å². The SMILES string of the molecule is C=C1C=CC[C@]23CCC4C(CC[C@H]5C[C@H](O)CC[C@]45C)C2CC[C@H]13. The van der Waals surface area contributed by atoms with E-state index in [1.807, 2.05) is 0 Å². The second kappa shape index (κ2) is 5.22. The number of aliphatic hydroxyl groups excluding tert-OH is 1. The van der Waals surface area contributed by atoms with Gasteiger partial charge in [0.15, 0.2) is 0 Å². The molecule has 0 aromatic rings. The largest absolute Gasteiger partial charge is 0.393 e. The molecule has 5 aliphatic carbocycles. The standard InChI is InChI=1S/C23H34O/c1-15-4-3-11-23-13-10-20-18(21(23)8-7-19(15)23)6-5-16-14-17(24)9-12-22(16,20)2/h3-4,16-21,24H,1,5-14H2,2H3/t16-,17+,18?,19+,20?,21?,22-,23+/m0/s1. The molecule has 1 spiro atoms. The van der Waals surface area contributed by atoms with Crippen molar-refractivity contribution in [3.8, 4) is 0 Å². The van der Waals surface area contributed by atoms with Crippen molar-refractivity contribution < 1.29 is 5.11 Å². The first-order valence-electron chi connectivity index (χ1n) is 10.6. The maximum atomic E-state index is 10.2. The van der Waals surface area contributed by atoms with Gasteiger partial charge in [-0.05, 0) is 105 Å². The summed E-state index contributed by atoms with van der Waals surface area (Å²) < 4.78 is 0. The lowest BCUT2D eigenvalue weighted by atomic mass is 9.43. The van der Waals surface area contributed by atoms with Crippen LogP contribution in [0.1, 0.15) is 71.1 Å². The highest BCUT2D eigenvalue weighted by molar-refractivity contribution is 5.30. The first kappa shape index (κ1) is 15.7. The summed E-state index contributed by atoms with van der Waals surface area (Å²) in [4.78, 5) is 0. The third kappa shape index (κ3) is 1.91. The molecular formula is C23H34O. The third-order valence-electron chi connectivity index (χ3n) is 9.63. The Kier molecular flexibility index (Phi) is 3.41. The fourth-order valence-corrected chi connectivity index (χ4v) is 8.54. The number of hydrogen-bond acceptors (Lipinski definition) is 1. The molecule has 1 N–H and O–H groups in total. The van der Waals surface area contributed by atoms with Crippen molar-refractivity contribution in [2.24, 2.45) is 40.4 Å². The van der Waals surface area contributed by atoms with Gasteiger partial charge in [-0.25, -0.2) is 0 Å². The van der Waals surface area contributed by atoms with Gasteiger partial charge >= 0.3 is 0 Å². The average molecular weight is 327 g/mol. The van der Waals surface area contributed by atoms with E-state index in [-0.39, 0.29) is 6.10 Å². The number of rotatable bonds is 0. The van der Waals surface area contributed by atoms with Crippen molar-refractivity contribution in [3.63, 3.8) is 0 Å². The van der Waals surface area contributed by atoms with Crippen molar-refractivity contribution in [2.75, 3.05) is 0 Å². The maximum Gasteiger partial charge on any atom is 0.0543 e. The van der Waals surface area contributed by atoms with E-state index < -0.39 is 0 Å².